The van der Waals surface area contributed by atoms with Gasteiger partial charge in [-0.25, -0.2) is 4.79 Å². The number of aliphatic carboxylic acids is 1. The van der Waals surface area contributed by atoms with Crippen molar-refractivity contribution in [2.24, 2.45) is 11.1 Å². The number of nitrogens with zero attached hydrogens (tertiary/aromatic N) is 2. The largest absolute Gasteiger partial charge is 0.477 e. The van der Waals surface area contributed by atoms with Crippen LogP contribution in [0.2, 0.25) is 0 Å². The Labute approximate surface area is 106 Å². The molecule has 1 unspecified atom stereocenters. The molecular weight excluding hydrogens is 236 g/mol. The third-order valence-electron chi connectivity index (χ3n) is 3.59. The minimum atomic E-state index is -1.12. The molecule has 1 saturated carbocycles. The first kappa shape index (κ1) is 12.9. The van der Waals surface area contributed by atoms with Crippen molar-refractivity contribution in [3.63, 3.8) is 0 Å². The van der Waals surface area contributed by atoms with E-state index >= 15 is 0 Å². The van der Waals surface area contributed by atoms with Gasteiger partial charge in [0.2, 0.25) is 6.10 Å². The fourth-order valence-corrected chi connectivity index (χ4v) is 2.20. The standard InChI is InChI=1S/C12H18N2O4/c1-2-14(7-8-4-3-5-8)11(15)10-6-9(12(16)17)13-18-10/h8,10H,2-7H2,1H3,(H,16,17). The lowest BCUT2D eigenvalue weighted by molar-refractivity contribution is -0.143. The molecule has 0 radical (unpaired) electrons. The van der Waals surface area contributed by atoms with E-state index in [2.05, 4.69) is 5.16 Å². The molecule has 0 bridgehead atoms. The topological polar surface area (TPSA) is 79.2 Å². The first-order valence-corrected chi connectivity index (χ1v) is 6.36. The van der Waals surface area contributed by atoms with Crippen LogP contribution in [0.5, 0.6) is 0 Å². The van der Waals surface area contributed by atoms with Gasteiger partial charge in [-0.3, -0.25) is 4.79 Å². The van der Waals surface area contributed by atoms with Crippen molar-refractivity contribution < 1.29 is 19.5 Å². The van der Waals surface area contributed by atoms with Crippen LogP contribution in [0.25, 0.3) is 0 Å². The molecule has 0 aromatic rings. The van der Waals surface area contributed by atoms with E-state index in [0.717, 1.165) is 6.54 Å². The van der Waals surface area contributed by atoms with Crippen molar-refractivity contribution >= 4 is 17.6 Å². The number of carbonyl (C=O) groups is 2. The molecule has 6 heteroatoms. The summed E-state index contributed by atoms with van der Waals surface area (Å²) in [6.07, 6.45) is 2.90. The zero-order chi connectivity index (χ0) is 13.1. The van der Waals surface area contributed by atoms with Crippen LogP contribution in [-0.2, 0) is 14.4 Å². The first-order valence-electron chi connectivity index (χ1n) is 6.36. The smallest absolute Gasteiger partial charge is 0.353 e. The highest BCUT2D eigenvalue weighted by Gasteiger charge is 2.35. The van der Waals surface area contributed by atoms with E-state index in [4.69, 9.17) is 9.94 Å². The molecule has 1 atom stereocenters. The molecule has 2 rings (SSSR count). The molecule has 1 amide bonds. The predicted molar refractivity (Wildman–Crippen MR) is 64.2 cm³/mol. The Morgan fingerprint density at radius 3 is 2.67 bits per heavy atom. The van der Waals surface area contributed by atoms with Crippen molar-refractivity contribution in [2.45, 2.75) is 38.7 Å². The van der Waals surface area contributed by atoms with E-state index in [-0.39, 0.29) is 18.0 Å². The fraction of sp³-hybridized carbons (Fsp3) is 0.750. The third kappa shape index (κ3) is 2.63. The van der Waals surface area contributed by atoms with Gasteiger partial charge in [0.05, 0.1) is 0 Å². The normalized spacial score (nSPS) is 22.9. The van der Waals surface area contributed by atoms with Crippen LogP contribution < -0.4 is 0 Å². The maximum Gasteiger partial charge on any atom is 0.353 e. The van der Waals surface area contributed by atoms with Crippen LogP contribution in [-0.4, -0.2) is 46.8 Å². The summed E-state index contributed by atoms with van der Waals surface area (Å²) in [5.41, 5.74) is -0.0759. The Morgan fingerprint density at radius 2 is 2.22 bits per heavy atom. The monoisotopic (exact) mass is 254 g/mol. The highest BCUT2D eigenvalue weighted by Crippen LogP contribution is 2.27. The lowest BCUT2D eigenvalue weighted by atomic mass is 9.85. The van der Waals surface area contributed by atoms with Gasteiger partial charge in [0, 0.05) is 19.5 Å². The summed E-state index contributed by atoms with van der Waals surface area (Å²) in [6.45, 7) is 3.29. The van der Waals surface area contributed by atoms with Gasteiger partial charge in [-0.15, -0.1) is 0 Å². The Hall–Kier alpha value is -1.59. The van der Waals surface area contributed by atoms with E-state index in [0.29, 0.717) is 12.5 Å². The number of likely N-dealkylation sites (N-methyl/N-ethyl adjacent to an activating group) is 1. The SMILES string of the molecule is CCN(CC1CCC1)C(=O)C1CC(C(=O)O)=NO1. The Morgan fingerprint density at radius 1 is 1.50 bits per heavy atom. The minimum absolute atomic E-state index is 0.0648. The van der Waals surface area contributed by atoms with E-state index in [9.17, 15) is 9.59 Å². The molecule has 18 heavy (non-hydrogen) atoms. The molecular formula is C12H18N2O4. The minimum Gasteiger partial charge on any atom is -0.477 e. The molecule has 1 aliphatic carbocycles. The Kier molecular flexibility index (Phi) is 3.84. The van der Waals surface area contributed by atoms with Gasteiger partial charge in [-0.05, 0) is 25.7 Å². The molecule has 2 aliphatic rings. The second-order valence-corrected chi connectivity index (χ2v) is 4.82. The number of amides is 1. The number of carboxylic acids is 1. The molecule has 1 N–H and O–H groups in total. The average molecular weight is 254 g/mol. The third-order valence-corrected chi connectivity index (χ3v) is 3.59. The lowest BCUT2D eigenvalue weighted by Crippen LogP contribution is -2.43. The van der Waals surface area contributed by atoms with E-state index in [1.165, 1.54) is 19.3 Å². The van der Waals surface area contributed by atoms with Crippen molar-refractivity contribution in [2.75, 3.05) is 13.1 Å². The lowest BCUT2D eigenvalue weighted by Gasteiger charge is -2.32. The quantitative estimate of drug-likeness (QED) is 0.789. The van der Waals surface area contributed by atoms with E-state index in [1.54, 1.807) is 4.90 Å². The first-order chi connectivity index (χ1) is 8.61. The van der Waals surface area contributed by atoms with Crippen molar-refractivity contribution in [3.8, 4) is 0 Å². The van der Waals surface area contributed by atoms with Crippen LogP contribution in [0, 0.1) is 5.92 Å². The molecule has 0 spiro atoms. The number of hydrogen-bond donors (Lipinski definition) is 1. The second-order valence-electron chi connectivity index (χ2n) is 4.82. The van der Waals surface area contributed by atoms with Crippen LogP contribution in [0.1, 0.15) is 32.6 Å². The molecule has 0 aromatic heterocycles. The number of carboxylic acid groups (broad SMARTS) is 1. The summed E-state index contributed by atoms with van der Waals surface area (Å²) in [5.74, 6) is -0.674. The highest BCUT2D eigenvalue weighted by atomic mass is 16.6. The fourth-order valence-electron chi connectivity index (χ4n) is 2.20. The van der Waals surface area contributed by atoms with Gasteiger partial charge in [0.25, 0.3) is 5.91 Å². The van der Waals surface area contributed by atoms with E-state index < -0.39 is 12.1 Å². The zero-order valence-electron chi connectivity index (χ0n) is 10.5. The van der Waals surface area contributed by atoms with Gasteiger partial charge in [0.15, 0.2) is 5.71 Å². The summed E-state index contributed by atoms with van der Waals surface area (Å²) in [4.78, 5) is 29.5. The van der Waals surface area contributed by atoms with Crippen molar-refractivity contribution in [3.05, 3.63) is 0 Å². The van der Waals surface area contributed by atoms with Crippen LogP contribution in [0.15, 0.2) is 5.16 Å². The summed E-state index contributed by atoms with van der Waals surface area (Å²) in [6, 6.07) is 0. The molecule has 0 saturated heterocycles. The second kappa shape index (κ2) is 5.37. The number of hydrogen-bond acceptors (Lipinski definition) is 4. The molecule has 6 nitrogen and oxygen atoms in total. The summed E-state index contributed by atoms with van der Waals surface area (Å²) < 4.78 is 0. The Bertz CT molecular complexity index is 376. The van der Waals surface area contributed by atoms with Gasteiger partial charge in [0.1, 0.15) is 0 Å². The number of rotatable bonds is 5. The van der Waals surface area contributed by atoms with Gasteiger partial charge >= 0.3 is 5.97 Å². The van der Waals surface area contributed by atoms with Crippen molar-refractivity contribution in [1.29, 1.82) is 0 Å². The van der Waals surface area contributed by atoms with E-state index in [1.807, 2.05) is 6.92 Å². The van der Waals surface area contributed by atoms with Crippen LogP contribution in [0.4, 0.5) is 0 Å². The van der Waals surface area contributed by atoms with Gasteiger partial charge in [-0.1, -0.05) is 11.6 Å². The number of carbonyl (C=O) groups excluding carboxylic acids is 1. The Balaban J connectivity index is 1.88. The maximum absolute atomic E-state index is 12.2. The number of oxime groups is 1. The molecule has 100 valence electrons. The summed E-state index contributed by atoms with van der Waals surface area (Å²) in [5, 5.41) is 12.2. The van der Waals surface area contributed by atoms with Crippen LogP contribution in [0.3, 0.4) is 0 Å². The van der Waals surface area contributed by atoms with Crippen molar-refractivity contribution in [1.82, 2.24) is 4.90 Å². The predicted octanol–water partition coefficient (Wildman–Crippen LogP) is 0.865. The zero-order valence-corrected chi connectivity index (χ0v) is 10.5. The molecule has 0 aromatic carbocycles. The van der Waals surface area contributed by atoms with Gasteiger partial charge in [-0.2, -0.15) is 0 Å². The molecule has 1 aliphatic heterocycles. The summed E-state index contributed by atoms with van der Waals surface area (Å²) >= 11 is 0. The highest BCUT2D eigenvalue weighted by molar-refractivity contribution is 6.36. The average Bonchev–Trinajstić information content (AvgIpc) is 2.76. The van der Waals surface area contributed by atoms with Gasteiger partial charge < -0.3 is 14.8 Å². The maximum atomic E-state index is 12.2. The molecule has 1 fully saturated rings. The van der Waals surface area contributed by atoms with Crippen LogP contribution >= 0.6 is 0 Å². The molecule has 1 heterocycles. The summed E-state index contributed by atoms with van der Waals surface area (Å²) in [7, 11) is 0.